The quantitative estimate of drug-likeness (QED) is 0.741. The first-order valence-electron chi connectivity index (χ1n) is 9.28. The Kier molecular flexibility index (Phi) is 5.53. The maximum atomic E-state index is 13.1. The highest BCUT2D eigenvalue weighted by Gasteiger charge is 2.23. The van der Waals surface area contributed by atoms with Crippen molar-refractivity contribution < 1.29 is 9.53 Å². The zero-order valence-electron chi connectivity index (χ0n) is 15.4. The average molecular weight is 375 g/mol. The molecule has 4 rings (SSSR count). The number of amides is 2. The molecule has 0 bridgehead atoms. The molecule has 2 aromatic heterocycles. The van der Waals surface area contributed by atoms with Crippen LogP contribution in [0.25, 0.3) is 0 Å². The second-order valence-electron chi connectivity index (χ2n) is 6.51. The molecule has 1 saturated heterocycles. The maximum absolute atomic E-state index is 13.1. The van der Waals surface area contributed by atoms with Crippen LogP contribution in [0.1, 0.15) is 24.5 Å². The molecule has 1 fully saturated rings. The third kappa shape index (κ3) is 4.15. The molecule has 0 radical (unpaired) electrons. The Hall–Kier alpha value is -3.32. The number of pyridine rings is 1. The van der Waals surface area contributed by atoms with Gasteiger partial charge in [0.2, 0.25) is 5.95 Å². The second-order valence-corrected chi connectivity index (χ2v) is 6.51. The number of hydrogen-bond donors (Lipinski definition) is 1. The number of rotatable bonds is 4. The van der Waals surface area contributed by atoms with Crippen LogP contribution >= 0.6 is 0 Å². The number of carbonyl (C=O) groups excluding carboxylic acids is 1. The first-order chi connectivity index (χ1) is 13.8. The molecule has 28 heavy (non-hydrogen) atoms. The molecule has 1 aliphatic rings. The average Bonchev–Trinajstić information content (AvgIpc) is 2.76. The van der Waals surface area contributed by atoms with Crippen LogP contribution < -0.4 is 10.2 Å². The number of ether oxygens (including phenoxy) is 1. The molecule has 3 heterocycles. The van der Waals surface area contributed by atoms with Crippen molar-refractivity contribution in [2.24, 2.45) is 0 Å². The summed E-state index contributed by atoms with van der Waals surface area (Å²) in [4.78, 5) is 27.7. The fraction of sp³-hybridized carbons (Fsp3) is 0.238. The molecule has 1 aromatic carbocycles. The van der Waals surface area contributed by atoms with Gasteiger partial charge in [0.05, 0.1) is 17.6 Å². The van der Waals surface area contributed by atoms with Crippen molar-refractivity contribution in [3.8, 4) is 0 Å². The van der Waals surface area contributed by atoms with Crippen molar-refractivity contribution in [1.82, 2.24) is 15.0 Å². The molecular formula is C21H21N5O2. The van der Waals surface area contributed by atoms with E-state index in [1.54, 1.807) is 30.7 Å². The highest BCUT2D eigenvalue weighted by molar-refractivity contribution is 6.05. The zero-order chi connectivity index (χ0) is 19.2. The fourth-order valence-corrected chi connectivity index (χ4v) is 3.21. The molecule has 3 aromatic rings. The molecule has 0 saturated carbocycles. The maximum Gasteiger partial charge on any atom is 0.333 e. The standard InChI is InChI=1S/C21H21N5O2/c27-21(24-17-5-4-11-22-15-17)26(18-6-2-1-3-7-18)20-23-12-8-19(25-20)16-9-13-28-14-10-16/h1-8,11-12,15-16H,9-10,13-14H2,(H,24,27). The van der Waals surface area contributed by atoms with Crippen LogP contribution in [0.2, 0.25) is 0 Å². The number of carbonyl (C=O) groups is 1. The van der Waals surface area contributed by atoms with Gasteiger partial charge >= 0.3 is 6.03 Å². The SMILES string of the molecule is O=C(Nc1cccnc1)N(c1ccccc1)c1nccc(C2CCOCC2)n1. The van der Waals surface area contributed by atoms with Crippen molar-refractivity contribution in [3.63, 3.8) is 0 Å². The minimum absolute atomic E-state index is 0.314. The number of nitrogens with zero attached hydrogens (tertiary/aromatic N) is 4. The van der Waals surface area contributed by atoms with E-state index in [9.17, 15) is 4.79 Å². The van der Waals surface area contributed by atoms with E-state index >= 15 is 0 Å². The second kappa shape index (κ2) is 8.58. The summed E-state index contributed by atoms with van der Waals surface area (Å²) in [7, 11) is 0. The summed E-state index contributed by atoms with van der Waals surface area (Å²) in [6, 6.07) is 14.5. The number of benzene rings is 1. The molecule has 7 nitrogen and oxygen atoms in total. The summed E-state index contributed by atoms with van der Waals surface area (Å²) in [5, 5.41) is 2.86. The van der Waals surface area contributed by atoms with Crippen molar-refractivity contribution in [2.45, 2.75) is 18.8 Å². The molecule has 1 N–H and O–H groups in total. The van der Waals surface area contributed by atoms with Gasteiger partial charge in [-0.25, -0.2) is 19.7 Å². The number of urea groups is 1. The molecule has 142 valence electrons. The molecule has 0 unspecified atom stereocenters. The van der Waals surface area contributed by atoms with E-state index in [0.29, 0.717) is 23.2 Å². The monoisotopic (exact) mass is 375 g/mol. The van der Waals surface area contributed by atoms with Gasteiger partial charge in [-0.1, -0.05) is 18.2 Å². The Bertz CT molecular complexity index is 914. The van der Waals surface area contributed by atoms with Gasteiger partial charge in [-0.3, -0.25) is 4.98 Å². The third-order valence-electron chi connectivity index (χ3n) is 4.63. The Labute approximate surface area is 163 Å². The molecule has 7 heteroatoms. The summed E-state index contributed by atoms with van der Waals surface area (Å²) < 4.78 is 5.45. The minimum Gasteiger partial charge on any atom is -0.381 e. The largest absolute Gasteiger partial charge is 0.381 e. The smallest absolute Gasteiger partial charge is 0.333 e. The predicted octanol–water partition coefficient (Wildman–Crippen LogP) is 4.14. The summed E-state index contributed by atoms with van der Waals surface area (Å²) in [5.74, 6) is 0.658. The van der Waals surface area contributed by atoms with Gasteiger partial charge in [-0.2, -0.15) is 0 Å². The van der Waals surface area contributed by atoms with Crippen LogP contribution in [0.15, 0.2) is 67.1 Å². The van der Waals surface area contributed by atoms with Gasteiger partial charge in [-0.15, -0.1) is 0 Å². The van der Waals surface area contributed by atoms with Gasteiger partial charge < -0.3 is 10.1 Å². The van der Waals surface area contributed by atoms with E-state index in [2.05, 4.69) is 15.3 Å². The lowest BCUT2D eigenvalue weighted by Gasteiger charge is -2.24. The molecule has 0 spiro atoms. The molecule has 1 aliphatic heterocycles. The van der Waals surface area contributed by atoms with E-state index in [1.165, 1.54) is 4.90 Å². The number of para-hydroxylation sites is 1. The Morgan fingerprint density at radius 2 is 1.86 bits per heavy atom. The van der Waals surface area contributed by atoms with Crippen LogP contribution in [0.5, 0.6) is 0 Å². The molecule has 0 atom stereocenters. The van der Waals surface area contributed by atoms with E-state index in [0.717, 1.165) is 31.7 Å². The highest BCUT2D eigenvalue weighted by atomic mass is 16.5. The van der Waals surface area contributed by atoms with E-state index in [1.807, 2.05) is 36.4 Å². The van der Waals surface area contributed by atoms with Crippen LogP contribution in [-0.4, -0.2) is 34.2 Å². The Morgan fingerprint density at radius 1 is 1.04 bits per heavy atom. The van der Waals surface area contributed by atoms with Gasteiger partial charge in [0.1, 0.15) is 0 Å². The lowest BCUT2D eigenvalue weighted by molar-refractivity contribution is 0.0845. The number of hydrogen-bond acceptors (Lipinski definition) is 5. The van der Waals surface area contributed by atoms with Crippen LogP contribution in [0, 0.1) is 0 Å². The first-order valence-corrected chi connectivity index (χ1v) is 9.28. The van der Waals surface area contributed by atoms with Crippen molar-refractivity contribution in [2.75, 3.05) is 23.4 Å². The summed E-state index contributed by atoms with van der Waals surface area (Å²) in [6.45, 7) is 1.46. The van der Waals surface area contributed by atoms with Gasteiger partial charge in [0.15, 0.2) is 0 Å². The summed E-state index contributed by atoms with van der Waals surface area (Å²) in [5.41, 5.74) is 2.23. The Balaban J connectivity index is 1.66. The van der Waals surface area contributed by atoms with Crippen molar-refractivity contribution in [3.05, 3.63) is 72.8 Å². The Morgan fingerprint density at radius 3 is 2.61 bits per heavy atom. The summed E-state index contributed by atoms with van der Waals surface area (Å²) in [6.07, 6.45) is 6.80. The number of aromatic nitrogens is 3. The zero-order valence-corrected chi connectivity index (χ0v) is 15.4. The molecular weight excluding hydrogens is 354 g/mol. The van der Waals surface area contributed by atoms with Crippen LogP contribution in [-0.2, 0) is 4.74 Å². The predicted molar refractivity (Wildman–Crippen MR) is 107 cm³/mol. The first kappa shape index (κ1) is 18.1. The molecule has 0 aliphatic carbocycles. The van der Waals surface area contributed by atoms with E-state index in [4.69, 9.17) is 9.72 Å². The topological polar surface area (TPSA) is 80.2 Å². The van der Waals surface area contributed by atoms with Gasteiger partial charge in [0, 0.05) is 37.2 Å². The lowest BCUT2D eigenvalue weighted by Crippen LogP contribution is -2.32. The minimum atomic E-state index is -0.344. The summed E-state index contributed by atoms with van der Waals surface area (Å²) >= 11 is 0. The third-order valence-corrected chi connectivity index (χ3v) is 4.63. The van der Waals surface area contributed by atoms with Crippen LogP contribution in [0.4, 0.5) is 22.1 Å². The highest BCUT2D eigenvalue weighted by Crippen LogP contribution is 2.28. The van der Waals surface area contributed by atoms with E-state index in [-0.39, 0.29) is 6.03 Å². The van der Waals surface area contributed by atoms with Gasteiger partial charge in [0.25, 0.3) is 0 Å². The van der Waals surface area contributed by atoms with Crippen molar-refractivity contribution in [1.29, 1.82) is 0 Å². The van der Waals surface area contributed by atoms with Crippen LogP contribution in [0.3, 0.4) is 0 Å². The number of anilines is 3. The normalized spacial score (nSPS) is 14.4. The van der Waals surface area contributed by atoms with Crippen molar-refractivity contribution >= 4 is 23.4 Å². The fourth-order valence-electron chi connectivity index (χ4n) is 3.21. The lowest BCUT2D eigenvalue weighted by atomic mass is 9.96. The number of nitrogens with one attached hydrogen (secondary N) is 1. The molecule has 2 amide bonds. The van der Waals surface area contributed by atoms with E-state index < -0.39 is 0 Å². The van der Waals surface area contributed by atoms with Gasteiger partial charge in [-0.05, 0) is 43.2 Å².